The molecule has 0 bridgehead atoms. The van der Waals surface area contributed by atoms with Crippen LogP contribution in [0.2, 0.25) is 0 Å². The maximum atomic E-state index is 12.3. The summed E-state index contributed by atoms with van der Waals surface area (Å²) in [6, 6.07) is 3.70. The molecule has 0 aliphatic heterocycles. The lowest BCUT2D eigenvalue weighted by Gasteiger charge is -2.30. The highest BCUT2D eigenvalue weighted by atomic mass is 79.9. The van der Waals surface area contributed by atoms with Gasteiger partial charge in [0.25, 0.3) is 0 Å². The highest BCUT2D eigenvalue weighted by Crippen LogP contribution is 2.34. The van der Waals surface area contributed by atoms with E-state index in [-0.39, 0.29) is 11.7 Å². The van der Waals surface area contributed by atoms with Crippen molar-refractivity contribution in [2.45, 2.75) is 33.1 Å². The number of carbonyl (C=O) groups excluding carboxylic acids is 1. The summed E-state index contributed by atoms with van der Waals surface area (Å²) in [4.78, 5) is 16.5. The van der Waals surface area contributed by atoms with Gasteiger partial charge >= 0.3 is 0 Å². The largest absolute Gasteiger partial charge is 0.292 e. The average Bonchev–Trinajstić information content (AvgIpc) is 2.33. The molecular weight excluding hydrogens is 278 g/mol. The van der Waals surface area contributed by atoms with Gasteiger partial charge in [-0.15, -0.1) is 0 Å². The number of aromatic nitrogens is 1. The molecule has 2 rings (SSSR count). The van der Waals surface area contributed by atoms with Crippen LogP contribution in [0.3, 0.4) is 0 Å². The summed E-state index contributed by atoms with van der Waals surface area (Å²) in [6.07, 6.45) is 4.88. The van der Waals surface area contributed by atoms with E-state index in [9.17, 15) is 4.79 Å². The minimum Gasteiger partial charge on any atom is -0.292 e. The fourth-order valence-electron chi connectivity index (χ4n) is 2.52. The van der Waals surface area contributed by atoms with Crippen LogP contribution in [0.15, 0.2) is 22.8 Å². The maximum absolute atomic E-state index is 12.3. The van der Waals surface area contributed by atoms with E-state index in [0.717, 1.165) is 29.7 Å². The Morgan fingerprint density at radius 2 is 2.06 bits per heavy atom. The van der Waals surface area contributed by atoms with Gasteiger partial charge < -0.3 is 0 Å². The van der Waals surface area contributed by atoms with Gasteiger partial charge in [-0.2, -0.15) is 0 Å². The number of halogens is 1. The van der Waals surface area contributed by atoms with E-state index in [1.165, 1.54) is 0 Å². The molecule has 3 atom stereocenters. The molecule has 0 aromatic carbocycles. The molecular formula is C14H18BrNO. The van der Waals surface area contributed by atoms with Crippen LogP contribution < -0.4 is 0 Å². The molecule has 1 aromatic rings. The van der Waals surface area contributed by atoms with Crippen LogP contribution in [0.1, 0.15) is 43.6 Å². The van der Waals surface area contributed by atoms with Gasteiger partial charge in [0.05, 0.1) is 0 Å². The summed E-state index contributed by atoms with van der Waals surface area (Å²) in [5.74, 6) is 1.79. The summed E-state index contributed by atoms with van der Waals surface area (Å²) in [5.41, 5.74) is 0.611. The Labute approximate surface area is 111 Å². The summed E-state index contributed by atoms with van der Waals surface area (Å²) < 4.78 is 0.916. The van der Waals surface area contributed by atoms with Gasteiger partial charge in [-0.3, -0.25) is 9.78 Å². The topological polar surface area (TPSA) is 30.0 Å². The summed E-state index contributed by atoms with van der Waals surface area (Å²) in [6.45, 7) is 4.53. The third-order valence-corrected chi connectivity index (χ3v) is 4.42. The van der Waals surface area contributed by atoms with Gasteiger partial charge in [0.2, 0.25) is 0 Å². The smallest absolute Gasteiger partial charge is 0.184 e. The van der Waals surface area contributed by atoms with Crippen molar-refractivity contribution in [2.24, 2.45) is 17.8 Å². The van der Waals surface area contributed by atoms with Gasteiger partial charge in [0, 0.05) is 16.6 Å². The molecule has 92 valence electrons. The lowest BCUT2D eigenvalue weighted by atomic mass is 9.74. The van der Waals surface area contributed by atoms with Crippen molar-refractivity contribution in [3.63, 3.8) is 0 Å². The zero-order chi connectivity index (χ0) is 12.4. The Morgan fingerprint density at radius 3 is 2.65 bits per heavy atom. The predicted molar refractivity (Wildman–Crippen MR) is 71.9 cm³/mol. The molecule has 3 unspecified atom stereocenters. The van der Waals surface area contributed by atoms with E-state index >= 15 is 0 Å². The van der Waals surface area contributed by atoms with Crippen LogP contribution in [0.4, 0.5) is 0 Å². The highest BCUT2D eigenvalue weighted by molar-refractivity contribution is 9.10. The zero-order valence-corrected chi connectivity index (χ0v) is 11.9. The normalized spacial score (nSPS) is 29.0. The van der Waals surface area contributed by atoms with E-state index in [1.54, 1.807) is 6.20 Å². The number of ketones is 1. The zero-order valence-electron chi connectivity index (χ0n) is 10.3. The number of Topliss-reactive ketones (excluding diaryl/α,β-unsaturated/α-hetero) is 1. The second-order valence-electron chi connectivity index (χ2n) is 5.19. The monoisotopic (exact) mass is 295 g/mol. The van der Waals surface area contributed by atoms with Crippen LogP contribution in [-0.2, 0) is 0 Å². The van der Waals surface area contributed by atoms with Gasteiger partial charge in [-0.25, -0.2) is 0 Å². The van der Waals surface area contributed by atoms with Crippen LogP contribution in [-0.4, -0.2) is 10.8 Å². The van der Waals surface area contributed by atoms with E-state index in [1.807, 2.05) is 12.1 Å². The van der Waals surface area contributed by atoms with E-state index < -0.39 is 0 Å². The average molecular weight is 296 g/mol. The molecule has 1 heterocycles. The molecule has 0 amide bonds. The van der Waals surface area contributed by atoms with Crippen molar-refractivity contribution in [3.8, 4) is 0 Å². The molecule has 0 saturated heterocycles. The van der Waals surface area contributed by atoms with Crippen molar-refractivity contribution >= 4 is 21.7 Å². The van der Waals surface area contributed by atoms with Gasteiger partial charge in [0.15, 0.2) is 5.78 Å². The Balaban J connectivity index is 2.08. The third kappa shape index (κ3) is 2.95. The molecule has 17 heavy (non-hydrogen) atoms. The second-order valence-corrected chi connectivity index (χ2v) is 6.11. The molecule has 0 spiro atoms. The van der Waals surface area contributed by atoms with Crippen molar-refractivity contribution in [1.29, 1.82) is 0 Å². The van der Waals surface area contributed by atoms with Crippen LogP contribution >= 0.6 is 15.9 Å². The van der Waals surface area contributed by atoms with Crippen LogP contribution in [0.5, 0.6) is 0 Å². The molecule has 1 fully saturated rings. The number of pyridine rings is 1. The van der Waals surface area contributed by atoms with Crippen LogP contribution in [0.25, 0.3) is 0 Å². The van der Waals surface area contributed by atoms with Gasteiger partial charge in [-0.1, -0.05) is 13.8 Å². The standard InChI is InChI=1S/C14H18BrNO/c1-9-3-4-11(7-10(9)2)14(17)13-6-5-12(15)8-16-13/h5-6,8-11H,3-4,7H2,1-2H3. The number of carbonyl (C=O) groups is 1. The summed E-state index contributed by atoms with van der Waals surface area (Å²) >= 11 is 3.33. The van der Waals surface area contributed by atoms with Crippen molar-refractivity contribution < 1.29 is 4.79 Å². The van der Waals surface area contributed by atoms with E-state index in [4.69, 9.17) is 0 Å². The number of hydrogen-bond donors (Lipinski definition) is 0. The first-order valence-electron chi connectivity index (χ1n) is 6.23. The summed E-state index contributed by atoms with van der Waals surface area (Å²) in [5, 5.41) is 0. The Kier molecular flexibility index (Phi) is 3.97. The predicted octanol–water partition coefficient (Wildman–Crippen LogP) is 4.10. The van der Waals surface area contributed by atoms with Gasteiger partial charge in [0.1, 0.15) is 5.69 Å². The Hall–Kier alpha value is -0.700. The quantitative estimate of drug-likeness (QED) is 0.769. The first-order valence-corrected chi connectivity index (χ1v) is 7.03. The molecule has 0 N–H and O–H groups in total. The Morgan fingerprint density at radius 1 is 1.29 bits per heavy atom. The minimum atomic E-state index is 0.176. The highest BCUT2D eigenvalue weighted by Gasteiger charge is 2.30. The van der Waals surface area contributed by atoms with E-state index in [0.29, 0.717) is 11.6 Å². The fraction of sp³-hybridized carbons (Fsp3) is 0.571. The molecule has 1 aliphatic rings. The van der Waals surface area contributed by atoms with Gasteiger partial charge in [-0.05, 0) is 59.2 Å². The first-order chi connectivity index (χ1) is 8.08. The number of nitrogens with zero attached hydrogens (tertiary/aromatic N) is 1. The molecule has 0 radical (unpaired) electrons. The molecule has 3 heteroatoms. The van der Waals surface area contributed by atoms with Crippen molar-refractivity contribution in [1.82, 2.24) is 4.98 Å². The number of rotatable bonds is 2. The molecule has 1 saturated carbocycles. The van der Waals surface area contributed by atoms with Crippen LogP contribution in [0, 0.1) is 17.8 Å². The fourth-order valence-corrected chi connectivity index (χ4v) is 2.75. The Bertz CT molecular complexity index is 401. The second kappa shape index (κ2) is 5.30. The molecule has 2 nitrogen and oxygen atoms in total. The maximum Gasteiger partial charge on any atom is 0.184 e. The van der Waals surface area contributed by atoms with Crippen molar-refractivity contribution in [2.75, 3.05) is 0 Å². The minimum absolute atomic E-state index is 0.176. The van der Waals surface area contributed by atoms with E-state index in [2.05, 4.69) is 34.8 Å². The third-order valence-electron chi connectivity index (χ3n) is 3.95. The lowest BCUT2D eigenvalue weighted by molar-refractivity contribution is 0.0832. The molecule has 1 aliphatic carbocycles. The number of hydrogen-bond acceptors (Lipinski definition) is 2. The first kappa shape index (κ1) is 12.7. The molecule has 1 aromatic heterocycles. The lowest BCUT2D eigenvalue weighted by Crippen LogP contribution is -2.26. The SMILES string of the molecule is CC1CCC(C(=O)c2ccc(Br)cn2)CC1C. The van der Waals surface area contributed by atoms with Crippen molar-refractivity contribution in [3.05, 3.63) is 28.5 Å². The summed E-state index contributed by atoms with van der Waals surface area (Å²) in [7, 11) is 0.